The van der Waals surface area contributed by atoms with Gasteiger partial charge in [-0.2, -0.15) is 0 Å². The Labute approximate surface area is 394 Å². The number of aliphatic hydroxyl groups is 14. The second kappa shape index (κ2) is 25.7. The summed E-state index contributed by atoms with van der Waals surface area (Å²) in [6, 6.07) is 0. The molecule has 0 saturated carbocycles. The summed E-state index contributed by atoms with van der Waals surface area (Å²) >= 11 is 0. The first-order valence-corrected chi connectivity index (χ1v) is 23.0. The Hall–Kier alpha value is -1.90. The molecular weight excluding hydrogens is 912 g/mol. The maximum Gasteiger partial charge on any atom is 0.228 e. The van der Waals surface area contributed by atoms with Gasteiger partial charge in [0.25, 0.3) is 0 Å². The van der Waals surface area contributed by atoms with Crippen LogP contribution < -0.4 is 0 Å². The van der Waals surface area contributed by atoms with Crippen LogP contribution in [0.25, 0.3) is 0 Å². The molecule has 0 aliphatic carbocycles. The van der Waals surface area contributed by atoms with Gasteiger partial charge in [0.05, 0.1) is 44.4 Å². The second-order valence-corrected chi connectivity index (χ2v) is 18.4. The molecule has 5 heterocycles. The molecule has 0 aromatic carbocycles. The maximum atomic E-state index is 11.3. The maximum absolute atomic E-state index is 11.3. The molecule has 24 heteroatoms. The zero-order chi connectivity index (χ0) is 50.3. The van der Waals surface area contributed by atoms with E-state index in [0.717, 1.165) is 11.1 Å². The third-order valence-corrected chi connectivity index (χ3v) is 12.9. The summed E-state index contributed by atoms with van der Waals surface area (Å²) in [6.07, 6.45) is -29.5. The lowest BCUT2D eigenvalue weighted by Crippen LogP contribution is -2.66. The van der Waals surface area contributed by atoms with E-state index in [4.69, 9.17) is 47.4 Å². The average Bonchev–Trinajstić information content (AvgIpc) is 3.31. The molecule has 0 aromatic rings. The van der Waals surface area contributed by atoms with Gasteiger partial charge in [0.1, 0.15) is 97.7 Å². The number of aliphatic hydroxyl groups excluding tert-OH is 14. The van der Waals surface area contributed by atoms with Crippen LogP contribution in [0.5, 0.6) is 0 Å². The predicted molar refractivity (Wildman–Crippen MR) is 228 cm³/mol. The quantitative estimate of drug-likeness (QED) is 0.0429. The van der Waals surface area contributed by atoms with Crippen molar-refractivity contribution in [1.29, 1.82) is 0 Å². The molecule has 0 unspecified atom stereocenters. The Morgan fingerprint density at radius 2 is 0.824 bits per heavy atom. The molecule has 0 amide bonds. The van der Waals surface area contributed by atoms with Crippen molar-refractivity contribution >= 4 is 0 Å². The Morgan fingerprint density at radius 1 is 0.412 bits per heavy atom. The van der Waals surface area contributed by atoms with Gasteiger partial charge < -0.3 is 119 Å². The normalized spacial score (nSPS) is 46.7. The van der Waals surface area contributed by atoms with E-state index in [1.165, 1.54) is 27.0 Å². The molecule has 0 radical (unpaired) electrons. The lowest BCUT2D eigenvalue weighted by atomic mass is 9.96. The fourth-order valence-corrected chi connectivity index (χ4v) is 8.34. The standard InChI is InChI=1S/C44H74O24/c1-17(9-7-11-18(2)15-59-43-38(33(55)28(50)23(13-45)64-43)67-41-35(57)31(53)26(48)21(5)62-41)10-8-12-19(3)16-60-44-39(68-42-36(58)32(54)27(49)22(6)63-42)37(29(51)24(14-46)65-44)66-40-34(56)30(52)25(47)20(4)61-40/h10-11,16,20-58H,7-9,12-15H2,1-6H3/b17-10+,18-11-,19-16+/t20-,21-,22-,23+,24+,25-,26-,27-,28+,29+,30+,31+,32+,33-,34+,35+,36+,37-,38+,39+,40-,41-,42-,43+,44+/m0/s1. The number of hydrogen-bond acceptors (Lipinski definition) is 24. The van der Waals surface area contributed by atoms with Crippen molar-refractivity contribution in [2.24, 2.45) is 0 Å². The van der Waals surface area contributed by atoms with Crippen LogP contribution in [0.3, 0.4) is 0 Å². The van der Waals surface area contributed by atoms with Crippen molar-refractivity contribution < 1.29 is 119 Å². The monoisotopic (exact) mass is 986 g/mol. The molecule has 0 aromatic heterocycles. The summed E-state index contributed by atoms with van der Waals surface area (Å²) < 4.78 is 58.0. The predicted octanol–water partition coefficient (Wildman–Crippen LogP) is -4.47. The van der Waals surface area contributed by atoms with Crippen molar-refractivity contribution in [2.75, 3.05) is 19.8 Å². The summed E-state index contributed by atoms with van der Waals surface area (Å²) in [6.45, 7) is 8.48. The summed E-state index contributed by atoms with van der Waals surface area (Å²) in [4.78, 5) is 0. The SMILES string of the molecule is C/C(=C/CC/C(C)=C/CC/C(C)=C/O[C@@H]1O[C@H](CO)[C@@H](O)[C@H](O[C@@H]2O[C@@H](C)[C@H](O)[C@@H](O)[C@H]2O)[C@H]1O[C@@H]1O[C@@H](C)[C@H](O)[C@@H](O)[C@H]1O)CO[C@@H]1O[C@H](CO)[C@@H](O)[C@H](O)[C@H]1O[C@@H]1O[C@@H](C)[C@H](O)[C@@H](O)[C@H]1O. The van der Waals surface area contributed by atoms with Crippen LogP contribution >= 0.6 is 0 Å². The summed E-state index contributed by atoms with van der Waals surface area (Å²) in [5.74, 6) is 0. The minimum Gasteiger partial charge on any atom is -0.470 e. The largest absolute Gasteiger partial charge is 0.470 e. The van der Waals surface area contributed by atoms with Crippen molar-refractivity contribution in [3.8, 4) is 0 Å². The van der Waals surface area contributed by atoms with E-state index in [9.17, 15) is 71.5 Å². The van der Waals surface area contributed by atoms with E-state index in [1.807, 2.05) is 19.1 Å². The summed E-state index contributed by atoms with van der Waals surface area (Å²) in [5, 5.41) is 146. The number of allylic oxidation sites excluding steroid dienone is 4. The van der Waals surface area contributed by atoms with Crippen LogP contribution in [0.15, 0.2) is 35.1 Å². The third kappa shape index (κ3) is 13.8. The van der Waals surface area contributed by atoms with Crippen LogP contribution in [-0.2, 0) is 47.4 Å². The molecule has 14 N–H and O–H groups in total. The lowest BCUT2D eigenvalue weighted by molar-refractivity contribution is -0.385. The highest BCUT2D eigenvalue weighted by Gasteiger charge is 2.55. The fourth-order valence-electron chi connectivity index (χ4n) is 8.34. The molecule has 25 atom stereocenters. The van der Waals surface area contributed by atoms with Crippen LogP contribution in [0.1, 0.15) is 67.2 Å². The molecule has 5 aliphatic heterocycles. The minimum atomic E-state index is -1.80. The van der Waals surface area contributed by atoms with E-state index < -0.39 is 167 Å². The van der Waals surface area contributed by atoms with Crippen LogP contribution in [0, 0.1) is 0 Å². The van der Waals surface area contributed by atoms with Gasteiger partial charge in [0, 0.05) is 0 Å². The van der Waals surface area contributed by atoms with E-state index in [0.29, 0.717) is 31.3 Å². The Bertz CT molecular complexity index is 1640. The molecule has 5 rings (SSSR count). The van der Waals surface area contributed by atoms with Crippen molar-refractivity contribution in [2.45, 2.75) is 221 Å². The zero-order valence-corrected chi connectivity index (χ0v) is 39.0. The van der Waals surface area contributed by atoms with Crippen LogP contribution in [0.4, 0.5) is 0 Å². The summed E-state index contributed by atoms with van der Waals surface area (Å²) in [7, 11) is 0. The molecule has 5 fully saturated rings. The van der Waals surface area contributed by atoms with Gasteiger partial charge in [-0.3, -0.25) is 0 Å². The topological polar surface area (TPSA) is 376 Å². The van der Waals surface area contributed by atoms with Crippen LogP contribution in [-0.4, -0.2) is 245 Å². The average molecular weight is 987 g/mol. The lowest BCUT2D eigenvalue weighted by Gasteiger charge is -2.48. The molecule has 394 valence electrons. The highest BCUT2D eigenvalue weighted by atomic mass is 16.8. The number of hydrogen-bond donors (Lipinski definition) is 14. The van der Waals surface area contributed by atoms with Gasteiger partial charge >= 0.3 is 0 Å². The Morgan fingerprint density at radius 3 is 1.31 bits per heavy atom. The van der Waals surface area contributed by atoms with Gasteiger partial charge in [-0.05, 0) is 72.8 Å². The summed E-state index contributed by atoms with van der Waals surface area (Å²) in [5.41, 5.74) is 2.54. The van der Waals surface area contributed by atoms with Crippen LogP contribution in [0.2, 0.25) is 0 Å². The molecule has 5 aliphatic rings. The highest BCUT2D eigenvalue weighted by molar-refractivity contribution is 5.06. The van der Waals surface area contributed by atoms with Gasteiger partial charge in [-0.15, -0.1) is 0 Å². The molecule has 0 bridgehead atoms. The van der Waals surface area contributed by atoms with Gasteiger partial charge in [-0.1, -0.05) is 23.3 Å². The van der Waals surface area contributed by atoms with Crippen molar-refractivity contribution in [3.05, 3.63) is 35.1 Å². The number of ether oxygens (including phenoxy) is 10. The van der Waals surface area contributed by atoms with Crippen molar-refractivity contribution in [1.82, 2.24) is 0 Å². The highest BCUT2D eigenvalue weighted by Crippen LogP contribution is 2.35. The van der Waals surface area contributed by atoms with Gasteiger partial charge in [-0.25, -0.2) is 0 Å². The smallest absolute Gasteiger partial charge is 0.228 e. The molecule has 68 heavy (non-hydrogen) atoms. The molecule has 5 saturated heterocycles. The fraction of sp³-hybridized carbons (Fsp3) is 0.864. The Balaban J connectivity index is 1.18. The first-order chi connectivity index (χ1) is 32.1. The second-order valence-electron chi connectivity index (χ2n) is 18.4. The Kier molecular flexibility index (Phi) is 21.5. The molecular formula is C44H74O24. The first kappa shape index (κ1) is 57.0. The minimum absolute atomic E-state index is 0.00715. The molecule has 24 nitrogen and oxygen atoms in total. The first-order valence-electron chi connectivity index (χ1n) is 23.0. The third-order valence-electron chi connectivity index (χ3n) is 12.9. The number of rotatable bonds is 19. The van der Waals surface area contributed by atoms with E-state index in [2.05, 4.69) is 0 Å². The van der Waals surface area contributed by atoms with E-state index in [-0.39, 0.29) is 6.61 Å². The van der Waals surface area contributed by atoms with Gasteiger partial charge in [0.15, 0.2) is 31.3 Å². The van der Waals surface area contributed by atoms with E-state index >= 15 is 0 Å². The molecule has 0 spiro atoms. The zero-order valence-electron chi connectivity index (χ0n) is 39.0. The van der Waals surface area contributed by atoms with E-state index in [1.54, 1.807) is 13.8 Å². The van der Waals surface area contributed by atoms with Crippen molar-refractivity contribution in [3.63, 3.8) is 0 Å². The van der Waals surface area contributed by atoms with Gasteiger partial charge in [0.2, 0.25) is 6.29 Å².